The van der Waals surface area contributed by atoms with Crippen molar-refractivity contribution in [3.05, 3.63) is 105 Å². The number of likely N-dealkylation sites (tertiary alicyclic amines) is 1. The van der Waals surface area contributed by atoms with Crippen molar-refractivity contribution < 1.29 is 19.4 Å². The number of aliphatic hydroxyl groups is 1. The average Bonchev–Trinajstić information content (AvgIpc) is 3.05. The molecular formula is C25H19BrClNO4. The van der Waals surface area contributed by atoms with Crippen LogP contribution in [0.15, 0.2) is 82.8 Å². The van der Waals surface area contributed by atoms with Crippen molar-refractivity contribution in [2.24, 2.45) is 0 Å². The highest BCUT2D eigenvalue weighted by Crippen LogP contribution is 2.41. The quantitative estimate of drug-likeness (QED) is 0.269. The van der Waals surface area contributed by atoms with Crippen molar-refractivity contribution in [2.45, 2.75) is 12.6 Å². The summed E-state index contributed by atoms with van der Waals surface area (Å²) in [5.41, 5.74) is 1.90. The fraction of sp³-hybridized carbons (Fsp3) is 0.120. The summed E-state index contributed by atoms with van der Waals surface area (Å²) in [5, 5.41) is 11.6. The number of carbonyl (C=O) groups excluding carboxylic acids is 2. The van der Waals surface area contributed by atoms with Crippen LogP contribution in [0.4, 0.5) is 0 Å². The van der Waals surface area contributed by atoms with E-state index in [4.69, 9.17) is 16.3 Å². The number of methoxy groups -OCH3 is 1. The molecule has 4 rings (SSSR count). The van der Waals surface area contributed by atoms with E-state index in [9.17, 15) is 14.7 Å². The molecule has 1 N–H and O–H groups in total. The number of amides is 1. The summed E-state index contributed by atoms with van der Waals surface area (Å²) in [6.45, 7) is 0.138. The summed E-state index contributed by atoms with van der Waals surface area (Å²) < 4.78 is 6.26. The number of carbonyl (C=O) groups is 2. The van der Waals surface area contributed by atoms with E-state index in [2.05, 4.69) is 15.9 Å². The molecule has 0 aromatic heterocycles. The third kappa shape index (κ3) is 4.16. The lowest BCUT2D eigenvalue weighted by molar-refractivity contribution is -0.140. The summed E-state index contributed by atoms with van der Waals surface area (Å²) in [4.78, 5) is 27.7. The van der Waals surface area contributed by atoms with E-state index in [1.807, 2.05) is 18.2 Å². The first-order valence-electron chi connectivity index (χ1n) is 9.82. The van der Waals surface area contributed by atoms with Crippen LogP contribution in [-0.2, 0) is 16.1 Å². The Kier molecular flexibility index (Phi) is 6.35. The fourth-order valence-corrected chi connectivity index (χ4v) is 4.21. The van der Waals surface area contributed by atoms with Crippen LogP contribution in [0.5, 0.6) is 5.75 Å². The molecule has 1 saturated heterocycles. The molecule has 0 bridgehead atoms. The largest absolute Gasteiger partial charge is 0.507 e. The SMILES string of the molecule is COc1ccccc1CN1C(=O)C(=O)/C(=C(/O)c2ccc(Br)cc2)C1c1ccc(Cl)cc1. The van der Waals surface area contributed by atoms with Crippen molar-refractivity contribution >= 4 is 45.0 Å². The summed E-state index contributed by atoms with van der Waals surface area (Å²) in [5.74, 6) is -1.04. The minimum atomic E-state index is -0.777. The van der Waals surface area contributed by atoms with Crippen molar-refractivity contribution in [3.63, 3.8) is 0 Å². The summed E-state index contributed by atoms with van der Waals surface area (Å²) in [6.07, 6.45) is 0. The molecule has 5 nitrogen and oxygen atoms in total. The molecule has 3 aromatic carbocycles. The number of hydrogen-bond donors (Lipinski definition) is 1. The molecule has 0 aliphatic carbocycles. The lowest BCUT2D eigenvalue weighted by atomic mass is 9.95. The first-order valence-corrected chi connectivity index (χ1v) is 11.0. The van der Waals surface area contributed by atoms with Gasteiger partial charge in [0, 0.05) is 20.6 Å². The summed E-state index contributed by atoms with van der Waals surface area (Å²) >= 11 is 9.42. The van der Waals surface area contributed by atoms with E-state index in [1.54, 1.807) is 61.7 Å². The number of para-hydroxylation sites is 1. The van der Waals surface area contributed by atoms with Crippen LogP contribution in [0.3, 0.4) is 0 Å². The topological polar surface area (TPSA) is 66.8 Å². The summed E-state index contributed by atoms with van der Waals surface area (Å²) in [6, 6.07) is 20.3. The zero-order valence-electron chi connectivity index (χ0n) is 17.1. The number of halogens is 2. The van der Waals surface area contributed by atoms with E-state index < -0.39 is 17.7 Å². The van der Waals surface area contributed by atoms with Gasteiger partial charge in [0.2, 0.25) is 0 Å². The Labute approximate surface area is 199 Å². The zero-order valence-corrected chi connectivity index (χ0v) is 19.4. The maximum absolute atomic E-state index is 13.1. The van der Waals surface area contributed by atoms with E-state index >= 15 is 0 Å². The monoisotopic (exact) mass is 511 g/mol. The second kappa shape index (κ2) is 9.18. The van der Waals surface area contributed by atoms with Gasteiger partial charge in [-0.05, 0) is 35.9 Å². The Bertz CT molecular complexity index is 1210. The molecule has 1 aliphatic heterocycles. The molecule has 3 aromatic rings. The van der Waals surface area contributed by atoms with Gasteiger partial charge in [-0.2, -0.15) is 0 Å². The zero-order chi connectivity index (χ0) is 22.8. The molecule has 1 atom stereocenters. The molecule has 1 fully saturated rings. The van der Waals surface area contributed by atoms with Crippen LogP contribution in [0.1, 0.15) is 22.7 Å². The first kappa shape index (κ1) is 22.1. The molecular weight excluding hydrogens is 494 g/mol. The van der Waals surface area contributed by atoms with Gasteiger partial charge in [0.25, 0.3) is 11.7 Å². The lowest BCUT2D eigenvalue weighted by Crippen LogP contribution is -2.29. The van der Waals surface area contributed by atoms with Crippen molar-refractivity contribution in [2.75, 3.05) is 7.11 Å². The lowest BCUT2D eigenvalue weighted by Gasteiger charge is -2.26. The van der Waals surface area contributed by atoms with Gasteiger partial charge in [-0.1, -0.05) is 70.0 Å². The van der Waals surface area contributed by atoms with Crippen molar-refractivity contribution in [1.29, 1.82) is 0 Å². The molecule has 0 saturated carbocycles. The molecule has 1 aliphatic rings. The van der Waals surface area contributed by atoms with Crippen LogP contribution in [0.2, 0.25) is 5.02 Å². The molecule has 162 valence electrons. The van der Waals surface area contributed by atoms with Gasteiger partial charge in [0.05, 0.1) is 25.3 Å². The van der Waals surface area contributed by atoms with Gasteiger partial charge in [0.15, 0.2) is 0 Å². The minimum absolute atomic E-state index is 0.0366. The number of benzene rings is 3. The van der Waals surface area contributed by atoms with E-state index in [0.29, 0.717) is 21.9 Å². The predicted molar refractivity (Wildman–Crippen MR) is 126 cm³/mol. The van der Waals surface area contributed by atoms with Crippen LogP contribution in [-0.4, -0.2) is 28.8 Å². The number of hydrogen-bond acceptors (Lipinski definition) is 4. The third-order valence-corrected chi connectivity index (χ3v) is 6.16. The fourth-order valence-electron chi connectivity index (χ4n) is 3.82. The Balaban J connectivity index is 1.86. The van der Waals surface area contributed by atoms with Gasteiger partial charge in [0.1, 0.15) is 11.5 Å². The average molecular weight is 513 g/mol. The van der Waals surface area contributed by atoms with Crippen LogP contribution < -0.4 is 4.74 Å². The Hall–Kier alpha value is -3.09. The standard InChI is InChI=1S/C25H19BrClNO4/c1-32-20-5-3-2-4-17(20)14-28-22(15-8-12-19(27)13-9-15)21(24(30)25(28)31)23(29)16-6-10-18(26)11-7-16/h2-13,22,29H,14H2,1H3/b23-21+. The number of Topliss-reactive ketones (excluding diaryl/α,β-unsaturated/α-hetero) is 1. The second-order valence-corrected chi connectivity index (χ2v) is 8.65. The highest BCUT2D eigenvalue weighted by molar-refractivity contribution is 9.10. The molecule has 7 heteroatoms. The minimum Gasteiger partial charge on any atom is -0.507 e. The Morgan fingerprint density at radius 1 is 1.03 bits per heavy atom. The smallest absolute Gasteiger partial charge is 0.295 e. The van der Waals surface area contributed by atoms with Gasteiger partial charge in [-0.15, -0.1) is 0 Å². The molecule has 0 radical (unpaired) electrons. The van der Waals surface area contributed by atoms with Crippen LogP contribution in [0.25, 0.3) is 5.76 Å². The first-order chi connectivity index (χ1) is 15.4. The predicted octanol–water partition coefficient (Wildman–Crippen LogP) is 5.73. The molecule has 1 heterocycles. The molecule has 1 unspecified atom stereocenters. The Morgan fingerprint density at radius 3 is 2.34 bits per heavy atom. The van der Waals surface area contributed by atoms with E-state index in [1.165, 1.54) is 4.90 Å². The molecule has 1 amide bonds. The number of nitrogens with zero attached hydrogens (tertiary/aromatic N) is 1. The van der Waals surface area contributed by atoms with Gasteiger partial charge >= 0.3 is 0 Å². The highest BCUT2D eigenvalue weighted by Gasteiger charge is 2.46. The number of ether oxygens (including phenoxy) is 1. The number of ketones is 1. The highest BCUT2D eigenvalue weighted by atomic mass is 79.9. The maximum atomic E-state index is 13.1. The normalized spacial score (nSPS) is 17.6. The summed E-state index contributed by atoms with van der Waals surface area (Å²) in [7, 11) is 1.55. The number of aliphatic hydroxyl groups excluding tert-OH is 1. The van der Waals surface area contributed by atoms with E-state index in [-0.39, 0.29) is 17.9 Å². The van der Waals surface area contributed by atoms with E-state index in [0.717, 1.165) is 10.0 Å². The third-order valence-electron chi connectivity index (χ3n) is 5.38. The van der Waals surface area contributed by atoms with Gasteiger partial charge in [-0.3, -0.25) is 9.59 Å². The van der Waals surface area contributed by atoms with Crippen LogP contribution in [0, 0.1) is 0 Å². The maximum Gasteiger partial charge on any atom is 0.295 e. The number of rotatable bonds is 5. The van der Waals surface area contributed by atoms with Crippen molar-refractivity contribution in [3.8, 4) is 5.75 Å². The molecule has 0 spiro atoms. The van der Waals surface area contributed by atoms with Crippen LogP contribution >= 0.6 is 27.5 Å². The second-order valence-electron chi connectivity index (χ2n) is 7.30. The molecule has 32 heavy (non-hydrogen) atoms. The van der Waals surface area contributed by atoms with Gasteiger partial charge < -0.3 is 14.7 Å². The van der Waals surface area contributed by atoms with Gasteiger partial charge in [-0.25, -0.2) is 0 Å². The van der Waals surface area contributed by atoms with Crippen molar-refractivity contribution in [1.82, 2.24) is 4.90 Å². The Morgan fingerprint density at radius 2 is 1.69 bits per heavy atom.